The lowest BCUT2D eigenvalue weighted by Crippen LogP contribution is -2.06. The third-order valence-electron chi connectivity index (χ3n) is 1.82. The molecule has 13 heavy (non-hydrogen) atoms. The fourth-order valence-corrected chi connectivity index (χ4v) is 1.12. The van der Waals surface area contributed by atoms with Crippen LogP contribution in [0.5, 0.6) is 5.75 Å². The van der Waals surface area contributed by atoms with Gasteiger partial charge in [-0.2, -0.15) is 0 Å². The molecule has 0 fully saturated rings. The summed E-state index contributed by atoms with van der Waals surface area (Å²) >= 11 is 0. The van der Waals surface area contributed by atoms with E-state index in [4.69, 9.17) is 5.73 Å². The second kappa shape index (κ2) is 3.70. The zero-order valence-corrected chi connectivity index (χ0v) is 7.17. The summed E-state index contributed by atoms with van der Waals surface area (Å²) in [6.45, 7) is 1.63. The molecule has 1 atom stereocenters. The van der Waals surface area contributed by atoms with Crippen molar-refractivity contribution in [3.63, 3.8) is 0 Å². The number of halogens is 2. The number of hydrogen-bond donors (Lipinski definition) is 2. The van der Waals surface area contributed by atoms with E-state index in [9.17, 15) is 13.9 Å². The zero-order valence-electron chi connectivity index (χ0n) is 7.17. The van der Waals surface area contributed by atoms with Crippen molar-refractivity contribution in [2.24, 2.45) is 5.73 Å². The normalized spacial score (nSPS) is 13.3. The van der Waals surface area contributed by atoms with Gasteiger partial charge in [0.05, 0.1) is 5.56 Å². The van der Waals surface area contributed by atoms with Crippen LogP contribution in [-0.4, -0.2) is 5.11 Å². The Morgan fingerprint density at radius 2 is 1.85 bits per heavy atom. The van der Waals surface area contributed by atoms with E-state index < -0.39 is 18.2 Å². The van der Waals surface area contributed by atoms with Gasteiger partial charge in [-0.15, -0.1) is 0 Å². The molecule has 0 heterocycles. The first-order valence-corrected chi connectivity index (χ1v) is 3.89. The van der Waals surface area contributed by atoms with Crippen molar-refractivity contribution in [1.29, 1.82) is 0 Å². The van der Waals surface area contributed by atoms with Gasteiger partial charge in [0.1, 0.15) is 5.75 Å². The minimum atomic E-state index is -2.67. The van der Waals surface area contributed by atoms with Crippen molar-refractivity contribution in [2.45, 2.75) is 19.4 Å². The molecule has 0 radical (unpaired) electrons. The number of nitrogens with two attached hydrogens (primary N) is 1. The summed E-state index contributed by atoms with van der Waals surface area (Å²) in [7, 11) is 0. The maximum Gasteiger partial charge on any atom is 0.267 e. The standard InChI is InChI=1S/C9H11F2NO/c1-5(12)6-3-2-4-7(8(6)13)9(10)11/h2-5,9,13H,12H2,1H3/t5-/m1/s1. The molecular weight excluding hydrogens is 176 g/mol. The molecular formula is C9H11F2NO. The molecule has 0 aliphatic heterocycles. The van der Waals surface area contributed by atoms with E-state index in [1.54, 1.807) is 6.92 Å². The first-order chi connectivity index (χ1) is 6.04. The largest absolute Gasteiger partial charge is 0.507 e. The summed E-state index contributed by atoms with van der Waals surface area (Å²) in [5.74, 6) is -0.396. The lowest BCUT2D eigenvalue weighted by Gasteiger charge is -2.11. The molecule has 4 heteroatoms. The molecule has 0 saturated heterocycles. The van der Waals surface area contributed by atoms with Crippen molar-refractivity contribution in [3.05, 3.63) is 29.3 Å². The van der Waals surface area contributed by atoms with Crippen LogP contribution in [0.2, 0.25) is 0 Å². The van der Waals surface area contributed by atoms with Gasteiger partial charge in [0, 0.05) is 11.6 Å². The lowest BCUT2D eigenvalue weighted by atomic mass is 10.0. The van der Waals surface area contributed by atoms with E-state index in [-0.39, 0.29) is 5.56 Å². The Morgan fingerprint density at radius 1 is 1.31 bits per heavy atom. The highest BCUT2D eigenvalue weighted by atomic mass is 19.3. The molecule has 1 aromatic carbocycles. The topological polar surface area (TPSA) is 46.2 Å². The highest BCUT2D eigenvalue weighted by molar-refractivity contribution is 5.42. The Balaban J connectivity index is 3.18. The number of aromatic hydroxyl groups is 1. The summed E-state index contributed by atoms with van der Waals surface area (Å²) in [5.41, 5.74) is 5.46. The number of rotatable bonds is 2. The van der Waals surface area contributed by atoms with E-state index in [1.807, 2.05) is 0 Å². The van der Waals surface area contributed by atoms with Crippen molar-refractivity contribution in [3.8, 4) is 5.75 Å². The number of hydrogen-bond acceptors (Lipinski definition) is 2. The van der Waals surface area contributed by atoms with E-state index in [2.05, 4.69) is 0 Å². The Hall–Kier alpha value is -1.16. The van der Waals surface area contributed by atoms with Crippen molar-refractivity contribution in [2.75, 3.05) is 0 Å². The average molecular weight is 187 g/mol. The minimum absolute atomic E-state index is 0.345. The lowest BCUT2D eigenvalue weighted by molar-refractivity contribution is 0.147. The number of para-hydroxylation sites is 1. The van der Waals surface area contributed by atoms with Crippen LogP contribution in [0.4, 0.5) is 8.78 Å². The summed E-state index contributed by atoms with van der Waals surface area (Å²) in [6.07, 6.45) is -2.67. The smallest absolute Gasteiger partial charge is 0.267 e. The molecule has 1 rings (SSSR count). The van der Waals surface area contributed by atoms with Gasteiger partial charge in [-0.1, -0.05) is 12.1 Å². The number of phenolic OH excluding ortho intramolecular Hbond substituents is 1. The Bertz CT molecular complexity index is 273. The van der Waals surface area contributed by atoms with Crippen molar-refractivity contribution < 1.29 is 13.9 Å². The van der Waals surface area contributed by atoms with Gasteiger partial charge in [-0.3, -0.25) is 0 Å². The third kappa shape index (κ3) is 1.95. The minimum Gasteiger partial charge on any atom is -0.507 e. The van der Waals surface area contributed by atoms with Crippen LogP contribution in [0.1, 0.15) is 30.5 Å². The van der Waals surface area contributed by atoms with E-state index in [0.29, 0.717) is 5.56 Å². The summed E-state index contributed by atoms with van der Waals surface area (Å²) in [4.78, 5) is 0. The summed E-state index contributed by atoms with van der Waals surface area (Å²) in [5, 5.41) is 9.37. The highest BCUT2D eigenvalue weighted by Crippen LogP contribution is 2.33. The molecule has 0 aliphatic rings. The first-order valence-electron chi connectivity index (χ1n) is 3.89. The average Bonchev–Trinajstić information content (AvgIpc) is 2.03. The van der Waals surface area contributed by atoms with Crippen LogP contribution in [0.25, 0.3) is 0 Å². The maximum absolute atomic E-state index is 12.3. The van der Waals surface area contributed by atoms with Gasteiger partial charge in [-0.25, -0.2) is 8.78 Å². The van der Waals surface area contributed by atoms with Gasteiger partial charge in [-0.05, 0) is 13.0 Å². The summed E-state index contributed by atoms with van der Waals surface area (Å²) < 4.78 is 24.5. The molecule has 0 aromatic heterocycles. The number of alkyl halides is 2. The van der Waals surface area contributed by atoms with Gasteiger partial charge < -0.3 is 10.8 Å². The van der Waals surface area contributed by atoms with Gasteiger partial charge in [0.15, 0.2) is 0 Å². The van der Waals surface area contributed by atoms with E-state index >= 15 is 0 Å². The number of phenols is 1. The Labute approximate surface area is 75.0 Å². The molecule has 3 N–H and O–H groups in total. The van der Waals surface area contributed by atoms with Crippen LogP contribution < -0.4 is 5.73 Å². The predicted molar refractivity (Wildman–Crippen MR) is 45.7 cm³/mol. The maximum atomic E-state index is 12.3. The van der Waals surface area contributed by atoms with Crippen LogP contribution >= 0.6 is 0 Å². The molecule has 72 valence electrons. The van der Waals surface area contributed by atoms with Crippen LogP contribution in [-0.2, 0) is 0 Å². The molecule has 1 aromatic rings. The van der Waals surface area contributed by atoms with Crippen molar-refractivity contribution >= 4 is 0 Å². The molecule has 0 spiro atoms. The quantitative estimate of drug-likeness (QED) is 0.746. The second-order valence-corrected chi connectivity index (χ2v) is 2.87. The monoisotopic (exact) mass is 187 g/mol. The molecule has 0 bridgehead atoms. The molecule has 0 unspecified atom stereocenters. The first kappa shape index (κ1) is 9.92. The second-order valence-electron chi connectivity index (χ2n) is 2.87. The van der Waals surface area contributed by atoms with Crippen LogP contribution in [0.15, 0.2) is 18.2 Å². The van der Waals surface area contributed by atoms with Crippen LogP contribution in [0, 0.1) is 0 Å². The molecule has 0 saturated carbocycles. The SMILES string of the molecule is C[C@@H](N)c1cccc(C(F)F)c1O. The van der Waals surface area contributed by atoms with Gasteiger partial charge in [0.2, 0.25) is 0 Å². The predicted octanol–water partition coefficient (Wildman–Crippen LogP) is 2.35. The zero-order chi connectivity index (χ0) is 10.0. The Morgan fingerprint density at radius 3 is 2.31 bits per heavy atom. The van der Waals surface area contributed by atoms with E-state index in [1.165, 1.54) is 18.2 Å². The van der Waals surface area contributed by atoms with Crippen molar-refractivity contribution in [1.82, 2.24) is 0 Å². The van der Waals surface area contributed by atoms with Crippen LogP contribution in [0.3, 0.4) is 0 Å². The fourth-order valence-electron chi connectivity index (χ4n) is 1.12. The molecule has 0 amide bonds. The highest BCUT2D eigenvalue weighted by Gasteiger charge is 2.16. The Kier molecular flexibility index (Phi) is 2.83. The van der Waals surface area contributed by atoms with Gasteiger partial charge in [0.25, 0.3) is 6.43 Å². The fraction of sp³-hybridized carbons (Fsp3) is 0.333. The summed E-state index contributed by atoms with van der Waals surface area (Å²) in [6, 6.07) is 3.73. The molecule has 2 nitrogen and oxygen atoms in total. The van der Waals surface area contributed by atoms with E-state index in [0.717, 1.165) is 0 Å². The number of benzene rings is 1. The third-order valence-corrected chi connectivity index (χ3v) is 1.82. The van der Waals surface area contributed by atoms with Gasteiger partial charge >= 0.3 is 0 Å². The molecule has 0 aliphatic carbocycles.